The quantitative estimate of drug-likeness (QED) is 0.715. The van der Waals surface area contributed by atoms with Crippen LogP contribution in [0.5, 0.6) is 0 Å². The molecule has 18 heavy (non-hydrogen) atoms. The molecule has 1 unspecified atom stereocenters. The Labute approximate surface area is 112 Å². The van der Waals surface area contributed by atoms with E-state index in [4.69, 9.17) is 4.74 Å². The van der Waals surface area contributed by atoms with Gasteiger partial charge in [0.1, 0.15) is 0 Å². The van der Waals surface area contributed by atoms with Crippen LogP contribution in [0.1, 0.15) is 30.0 Å². The van der Waals surface area contributed by atoms with Gasteiger partial charge in [-0.05, 0) is 44.7 Å². The molecule has 0 amide bonds. The highest BCUT2D eigenvalue weighted by molar-refractivity contribution is 5.28. The zero-order chi connectivity index (χ0) is 13.4. The van der Waals surface area contributed by atoms with E-state index in [2.05, 4.69) is 44.3 Å². The van der Waals surface area contributed by atoms with E-state index in [-0.39, 0.29) is 0 Å². The van der Waals surface area contributed by atoms with Crippen LogP contribution >= 0.6 is 0 Å². The van der Waals surface area contributed by atoms with E-state index in [9.17, 15) is 0 Å². The van der Waals surface area contributed by atoms with Crippen LogP contribution in [0.2, 0.25) is 0 Å². The van der Waals surface area contributed by atoms with Crippen LogP contribution in [0.15, 0.2) is 18.2 Å². The molecule has 0 saturated heterocycles. The SMILES string of the molecule is COCCNCC(C)CCc1cc(C)cc(C)c1. The Bertz CT molecular complexity index is 329. The van der Waals surface area contributed by atoms with Crippen molar-refractivity contribution >= 4 is 0 Å². The molecule has 1 rings (SSSR count). The zero-order valence-electron chi connectivity index (χ0n) is 12.3. The molecule has 1 atom stereocenters. The normalized spacial score (nSPS) is 12.7. The van der Waals surface area contributed by atoms with Gasteiger partial charge in [0.2, 0.25) is 0 Å². The van der Waals surface area contributed by atoms with Gasteiger partial charge in [0, 0.05) is 13.7 Å². The second kappa shape index (κ2) is 8.28. The smallest absolute Gasteiger partial charge is 0.0587 e. The van der Waals surface area contributed by atoms with Crippen LogP contribution in [0, 0.1) is 19.8 Å². The first kappa shape index (κ1) is 15.2. The van der Waals surface area contributed by atoms with Crippen LogP contribution in [0.4, 0.5) is 0 Å². The minimum absolute atomic E-state index is 0.711. The lowest BCUT2D eigenvalue weighted by Gasteiger charge is -2.13. The Hall–Kier alpha value is -0.860. The van der Waals surface area contributed by atoms with Crippen LogP contribution < -0.4 is 5.32 Å². The van der Waals surface area contributed by atoms with Crippen molar-refractivity contribution < 1.29 is 4.74 Å². The lowest BCUT2D eigenvalue weighted by molar-refractivity contribution is 0.198. The molecule has 1 aromatic rings. The fraction of sp³-hybridized carbons (Fsp3) is 0.625. The standard InChI is InChI=1S/C16H27NO/c1-13(12-17-7-8-18-4)5-6-16-10-14(2)9-15(3)11-16/h9-11,13,17H,5-8,12H2,1-4H3. The van der Waals surface area contributed by atoms with Gasteiger partial charge in [-0.3, -0.25) is 0 Å². The molecule has 102 valence electrons. The fourth-order valence-corrected chi connectivity index (χ4v) is 2.25. The highest BCUT2D eigenvalue weighted by Gasteiger charge is 2.03. The lowest BCUT2D eigenvalue weighted by atomic mass is 9.98. The summed E-state index contributed by atoms with van der Waals surface area (Å²) >= 11 is 0. The largest absolute Gasteiger partial charge is 0.383 e. The second-order valence-electron chi connectivity index (χ2n) is 5.34. The molecule has 0 aliphatic heterocycles. The number of ether oxygens (including phenoxy) is 1. The Kier molecular flexibility index (Phi) is 6.99. The molecule has 1 aromatic carbocycles. The van der Waals surface area contributed by atoms with E-state index >= 15 is 0 Å². The summed E-state index contributed by atoms with van der Waals surface area (Å²) in [5.74, 6) is 0.711. The lowest BCUT2D eigenvalue weighted by Crippen LogP contribution is -2.25. The summed E-state index contributed by atoms with van der Waals surface area (Å²) in [6.07, 6.45) is 2.42. The molecule has 0 aliphatic carbocycles. The number of nitrogens with one attached hydrogen (secondary N) is 1. The first-order chi connectivity index (χ1) is 8.61. The van der Waals surface area contributed by atoms with Gasteiger partial charge in [-0.2, -0.15) is 0 Å². The van der Waals surface area contributed by atoms with Crippen molar-refractivity contribution in [1.29, 1.82) is 0 Å². The predicted octanol–water partition coefficient (Wildman–Crippen LogP) is 3.11. The highest BCUT2D eigenvalue weighted by Crippen LogP contribution is 2.13. The Morgan fingerprint density at radius 3 is 2.44 bits per heavy atom. The Morgan fingerprint density at radius 2 is 1.83 bits per heavy atom. The number of aryl methyl sites for hydroxylation is 3. The van der Waals surface area contributed by atoms with E-state index in [1.165, 1.54) is 29.5 Å². The van der Waals surface area contributed by atoms with Crippen LogP contribution in [-0.4, -0.2) is 26.8 Å². The van der Waals surface area contributed by atoms with Crippen LogP contribution in [0.3, 0.4) is 0 Å². The predicted molar refractivity (Wildman–Crippen MR) is 78.1 cm³/mol. The number of hydrogen-bond acceptors (Lipinski definition) is 2. The van der Waals surface area contributed by atoms with Crippen molar-refractivity contribution in [3.8, 4) is 0 Å². The van der Waals surface area contributed by atoms with E-state index in [1.54, 1.807) is 7.11 Å². The average Bonchev–Trinajstić information content (AvgIpc) is 2.31. The van der Waals surface area contributed by atoms with Gasteiger partial charge in [-0.15, -0.1) is 0 Å². The molecule has 2 heteroatoms. The second-order valence-corrected chi connectivity index (χ2v) is 5.34. The van der Waals surface area contributed by atoms with Gasteiger partial charge in [-0.1, -0.05) is 36.2 Å². The van der Waals surface area contributed by atoms with Gasteiger partial charge >= 0.3 is 0 Å². The topological polar surface area (TPSA) is 21.3 Å². The molecule has 0 bridgehead atoms. The van der Waals surface area contributed by atoms with Crippen LogP contribution in [-0.2, 0) is 11.2 Å². The van der Waals surface area contributed by atoms with E-state index in [1.807, 2.05) is 0 Å². The number of methoxy groups -OCH3 is 1. The van der Waals surface area contributed by atoms with Crippen molar-refractivity contribution in [3.63, 3.8) is 0 Å². The third-order valence-electron chi connectivity index (χ3n) is 3.18. The summed E-state index contributed by atoms with van der Waals surface area (Å²) in [7, 11) is 1.74. The summed E-state index contributed by atoms with van der Waals surface area (Å²) in [6.45, 7) is 9.48. The molecular weight excluding hydrogens is 222 g/mol. The van der Waals surface area contributed by atoms with E-state index in [0.717, 1.165) is 19.7 Å². The zero-order valence-corrected chi connectivity index (χ0v) is 12.3. The molecule has 0 spiro atoms. The van der Waals surface area contributed by atoms with Crippen LogP contribution in [0.25, 0.3) is 0 Å². The minimum atomic E-state index is 0.711. The van der Waals surface area contributed by atoms with Gasteiger partial charge in [0.25, 0.3) is 0 Å². The number of hydrogen-bond donors (Lipinski definition) is 1. The Balaban J connectivity index is 2.26. The van der Waals surface area contributed by atoms with E-state index in [0.29, 0.717) is 5.92 Å². The summed E-state index contributed by atoms with van der Waals surface area (Å²) in [5, 5.41) is 3.42. The van der Waals surface area contributed by atoms with Gasteiger partial charge in [0.05, 0.1) is 6.61 Å². The average molecular weight is 249 g/mol. The maximum atomic E-state index is 5.02. The van der Waals surface area contributed by atoms with Crippen molar-refractivity contribution in [2.75, 3.05) is 26.8 Å². The molecule has 0 radical (unpaired) electrons. The van der Waals surface area contributed by atoms with E-state index < -0.39 is 0 Å². The summed E-state index contributed by atoms with van der Waals surface area (Å²) < 4.78 is 5.02. The molecule has 2 nitrogen and oxygen atoms in total. The maximum Gasteiger partial charge on any atom is 0.0587 e. The third-order valence-corrected chi connectivity index (χ3v) is 3.18. The fourth-order valence-electron chi connectivity index (χ4n) is 2.25. The molecule has 0 heterocycles. The van der Waals surface area contributed by atoms with Crippen molar-refractivity contribution in [2.45, 2.75) is 33.6 Å². The molecule has 0 fully saturated rings. The number of benzene rings is 1. The first-order valence-corrected chi connectivity index (χ1v) is 6.88. The Morgan fingerprint density at radius 1 is 1.17 bits per heavy atom. The highest BCUT2D eigenvalue weighted by atomic mass is 16.5. The monoisotopic (exact) mass is 249 g/mol. The third kappa shape index (κ3) is 6.18. The summed E-state index contributed by atoms with van der Waals surface area (Å²) in [5.41, 5.74) is 4.21. The van der Waals surface area contributed by atoms with Gasteiger partial charge in [-0.25, -0.2) is 0 Å². The molecular formula is C16H27NO. The summed E-state index contributed by atoms with van der Waals surface area (Å²) in [4.78, 5) is 0. The maximum absolute atomic E-state index is 5.02. The van der Waals surface area contributed by atoms with Gasteiger partial charge in [0.15, 0.2) is 0 Å². The molecule has 0 saturated carbocycles. The van der Waals surface area contributed by atoms with Gasteiger partial charge < -0.3 is 10.1 Å². The molecule has 1 N–H and O–H groups in total. The van der Waals surface area contributed by atoms with Crippen molar-refractivity contribution in [2.24, 2.45) is 5.92 Å². The number of rotatable bonds is 8. The van der Waals surface area contributed by atoms with Crippen molar-refractivity contribution in [1.82, 2.24) is 5.32 Å². The summed E-state index contributed by atoms with van der Waals surface area (Å²) in [6, 6.07) is 6.84. The first-order valence-electron chi connectivity index (χ1n) is 6.88. The van der Waals surface area contributed by atoms with Crippen molar-refractivity contribution in [3.05, 3.63) is 34.9 Å². The molecule has 0 aromatic heterocycles. The molecule has 0 aliphatic rings. The minimum Gasteiger partial charge on any atom is -0.383 e.